The molecular weight excluding hydrogens is 418 g/mol. The van der Waals surface area contributed by atoms with E-state index < -0.39 is 0 Å². The lowest BCUT2D eigenvalue weighted by Crippen LogP contribution is -2.17. The number of carbonyl (C=O) groups excluding carboxylic acids is 1. The number of ether oxygens (including phenoxy) is 1. The molecule has 31 heavy (non-hydrogen) atoms. The molecule has 1 aromatic heterocycles. The van der Waals surface area contributed by atoms with Crippen molar-refractivity contribution in [2.24, 2.45) is 0 Å². The number of hydrogen-bond donors (Lipinski definition) is 4. The third kappa shape index (κ3) is 4.39. The maximum Gasteiger partial charge on any atom is 0.220 e. The SMILES string of the molecule is CCOc1c(C(C)Nc2ncnc(N)c2C(C)=N)cc(Cl)c(C#N)c1C1CNC(=O)C1. The van der Waals surface area contributed by atoms with E-state index in [-0.39, 0.29) is 40.8 Å². The number of nitrogen functional groups attached to an aromatic ring is 1. The fourth-order valence-electron chi connectivity index (χ4n) is 3.77. The van der Waals surface area contributed by atoms with Crippen molar-refractivity contribution in [2.75, 3.05) is 24.2 Å². The van der Waals surface area contributed by atoms with Gasteiger partial charge in [0, 0.05) is 35.7 Å². The Morgan fingerprint density at radius 3 is 2.87 bits per heavy atom. The molecule has 0 radical (unpaired) electrons. The molecule has 0 spiro atoms. The van der Waals surface area contributed by atoms with Gasteiger partial charge in [-0.3, -0.25) is 4.79 Å². The third-order valence-corrected chi connectivity index (χ3v) is 5.45. The first-order valence-electron chi connectivity index (χ1n) is 9.86. The number of nitrogens with zero attached hydrogens (tertiary/aromatic N) is 3. The minimum Gasteiger partial charge on any atom is -0.493 e. The van der Waals surface area contributed by atoms with Crippen LogP contribution >= 0.6 is 11.6 Å². The van der Waals surface area contributed by atoms with Crippen molar-refractivity contribution in [1.29, 1.82) is 10.7 Å². The van der Waals surface area contributed by atoms with E-state index in [0.717, 1.165) is 0 Å². The van der Waals surface area contributed by atoms with Gasteiger partial charge in [-0.1, -0.05) is 11.6 Å². The molecule has 0 saturated carbocycles. The molecular formula is C21H24ClN7O2. The molecule has 1 saturated heterocycles. The molecule has 0 aliphatic carbocycles. The standard InChI is InChI=1S/C21H24ClN7O2/c1-4-31-19-13(11(3)29-21-17(10(2)24)20(25)27-9-28-21)6-15(22)14(7-23)18(19)12-5-16(30)26-8-12/h6,9,11-12,24H,4-5,8H2,1-3H3,(H,26,30)(H3,25,27,28,29). The summed E-state index contributed by atoms with van der Waals surface area (Å²) in [5, 5.41) is 24.1. The van der Waals surface area contributed by atoms with Crippen molar-refractivity contribution >= 4 is 34.9 Å². The lowest BCUT2D eigenvalue weighted by molar-refractivity contribution is -0.119. The molecule has 1 amide bonds. The highest BCUT2D eigenvalue weighted by Crippen LogP contribution is 2.43. The zero-order chi connectivity index (χ0) is 22.7. The van der Waals surface area contributed by atoms with Crippen molar-refractivity contribution in [3.63, 3.8) is 0 Å². The average molecular weight is 442 g/mol. The third-order valence-electron chi connectivity index (χ3n) is 5.15. The Hall–Kier alpha value is -3.38. The molecule has 2 unspecified atom stereocenters. The van der Waals surface area contributed by atoms with Crippen LogP contribution < -0.4 is 21.1 Å². The largest absolute Gasteiger partial charge is 0.493 e. The highest BCUT2D eigenvalue weighted by Gasteiger charge is 2.32. The fourth-order valence-corrected chi connectivity index (χ4v) is 4.03. The normalized spacial score (nSPS) is 16.4. The van der Waals surface area contributed by atoms with Crippen LogP contribution in [0.2, 0.25) is 5.02 Å². The first kappa shape index (κ1) is 22.3. The summed E-state index contributed by atoms with van der Waals surface area (Å²) in [5.41, 5.74) is 8.24. The summed E-state index contributed by atoms with van der Waals surface area (Å²) in [6.45, 7) is 6.14. The van der Waals surface area contributed by atoms with Crippen molar-refractivity contribution < 1.29 is 9.53 Å². The zero-order valence-corrected chi connectivity index (χ0v) is 18.3. The molecule has 3 rings (SSSR count). The summed E-state index contributed by atoms with van der Waals surface area (Å²) in [4.78, 5) is 20.1. The van der Waals surface area contributed by atoms with Gasteiger partial charge in [-0.25, -0.2) is 9.97 Å². The highest BCUT2D eigenvalue weighted by atomic mass is 35.5. The van der Waals surface area contributed by atoms with Crippen LogP contribution in [-0.2, 0) is 4.79 Å². The first-order chi connectivity index (χ1) is 14.8. The highest BCUT2D eigenvalue weighted by molar-refractivity contribution is 6.32. The van der Waals surface area contributed by atoms with Crippen LogP contribution in [0.25, 0.3) is 0 Å². The molecule has 1 aliphatic heterocycles. The van der Waals surface area contributed by atoms with Gasteiger partial charge in [-0.15, -0.1) is 0 Å². The summed E-state index contributed by atoms with van der Waals surface area (Å²) in [5.74, 6) is 0.847. The molecule has 2 aromatic rings. The van der Waals surface area contributed by atoms with Gasteiger partial charge in [0.05, 0.1) is 28.8 Å². The van der Waals surface area contributed by atoms with Crippen LogP contribution in [-0.4, -0.2) is 34.7 Å². The van der Waals surface area contributed by atoms with Crippen LogP contribution in [0.1, 0.15) is 61.4 Å². The fraction of sp³-hybridized carbons (Fsp3) is 0.381. The zero-order valence-electron chi connectivity index (χ0n) is 17.5. The molecule has 2 atom stereocenters. The number of hydrogen-bond acceptors (Lipinski definition) is 8. The monoisotopic (exact) mass is 441 g/mol. The van der Waals surface area contributed by atoms with Gasteiger partial charge in [0.2, 0.25) is 5.91 Å². The smallest absolute Gasteiger partial charge is 0.220 e. The molecule has 1 aromatic carbocycles. The van der Waals surface area contributed by atoms with Gasteiger partial charge in [0.1, 0.15) is 29.8 Å². The van der Waals surface area contributed by atoms with E-state index in [1.807, 2.05) is 13.8 Å². The number of anilines is 2. The van der Waals surface area contributed by atoms with Crippen molar-refractivity contribution in [3.8, 4) is 11.8 Å². The minimum atomic E-state index is -0.358. The van der Waals surface area contributed by atoms with Crippen molar-refractivity contribution in [3.05, 3.63) is 39.7 Å². The lowest BCUT2D eigenvalue weighted by atomic mass is 9.89. The predicted octanol–water partition coefficient (Wildman–Crippen LogP) is 3.15. The number of rotatable bonds is 7. The summed E-state index contributed by atoms with van der Waals surface area (Å²) < 4.78 is 5.99. The van der Waals surface area contributed by atoms with Gasteiger partial charge < -0.3 is 26.5 Å². The van der Waals surface area contributed by atoms with Gasteiger partial charge in [-0.05, 0) is 26.8 Å². The Labute approximate surface area is 185 Å². The second-order valence-corrected chi connectivity index (χ2v) is 7.70. The Kier molecular flexibility index (Phi) is 6.61. The predicted molar refractivity (Wildman–Crippen MR) is 119 cm³/mol. The van der Waals surface area contributed by atoms with E-state index in [4.69, 9.17) is 27.5 Å². The maximum absolute atomic E-state index is 11.8. The number of amides is 1. The summed E-state index contributed by atoms with van der Waals surface area (Å²) >= 11 is 6.48. The van der Waals surface area contributed by atoms with Crippen molar-refractivity contribution in [2.45, 2.75) is 39.2 Å². The topological polar surface area (TPSA) is 150 Å². The van der Waals surface area contributed by atoms with Gasteiger partial charge in [0.25, 0.3) is 0 Å². The van der Waals surface area contributed by atoms with Crippen molar-refractivity contribution in [1.82, 2.24) is 15.3 Å². The summed E-state index contributed by atoms with van der Waals surface area (Å²) in [6.07, 6.45) is 1.59. The Balaban J connectivity index is 2.12. The number of benzene rings is 1. The first-order valence-corrected chi connectivity index (χ1v) is 10.2. The molecule has 5 N–H and O–H groups in total. The van der Waals surface area contributed by atoms with E-state index in [0.29, 0.717) is 47.0 Å². The summed E-state index contributed by atoms with van der Waals surface area (Å²) in [6, 6.07) is 3.50. The molecule has 0 bridgehead atoms. The minimum absolute atomic E-state index is 0.0772. The maximum atomic E-state index is 11.8. The van der Waals surface area contributed by atoms with Crippen LogP contribution in [0.3, 0.4) is 0 Å². The second kappa shape index (κ2) is 9.18. The second-order valence-electron chi connectivity index (χ2n) is 7.29. The van der Waals surface area contributed by atoms with Gasteiger partial charge in [0.15, 0.2) is 0 Å². The Bertz CT molecular complexity index is 1080. The molecule has 1 aliphatic rings. The number of halogens is 1. The Morgan fingerprint density at radius 1 is 1.55 bits per heavy atom. The van der Waals surface area contributed by atoms with Crippen LogP contribution in [0.5, 0.6) is 5.75 Å². The van der Waals surface area contributed by atoms with Crippen LogP contribution in [0.15, 0.2) is 12.4 Å². The number of carbonyl (C=O) groups is 1. The van der Waals surface area contributed by atoms with E-state index in [2.05, 4.69) is 26.7 Å². The number of nitrogens with two attached hydrogens (primary N) is 1. The summed E-state index contributed by atoms with van der Waals surface area (Å²) in [7, 11) is 0. The van der Waals surface area contributed by atoms with Gasteiger partial charge >= 0.3 is 0 Å². The van der Waals surface area contributed by atoms with E-state index >= 15 is 0 Å². The van der Waals surface area contributed by atoms with E-state index in [1.165, 1.54) is 6.33 Å². The number of aromatic nitrogens is 2. The van der Waals surface area contributed by atoms with E-state index in [1.54, 1.807) is 13.0 Å². The van der Waals surface area contributed by atoms with E-state index in [9.17, 15) is 10.1 Å². The quantitative estimate of drug-likeness (QED) is 0.482. The molecule has 162 valence electrons. The molecule has 2 heterocycles. The van der Waals surface area contributed by atoms with Crippen LogP contribution in [0, 0.1) is 16.7 Å². The van der Waals surface area contributed by atoms with Crippen LogP contribution in [0.4, 0.5) is 11.6 Å². The average Bonchev–Trinajstić information content (AvgIpc) is 3.14. The Morgan fingerprint density at radius 2 is 2.29 bits per heavy atom. The number of nitrogens with one attached hydrogen (secondary N) is 3. The lowest BCUT2D eigenvalue weighted by Gasteiger charge is -2.25. The molecule has 1 fully saturated rings. The number of nitriles is 1. The molecule has 9 nitrogen and oxygen atoms in total. The molecule has 10 heteroatoms. The van der Waals surface area contributed by atoms with Gasteiger partial charge in [-0.2, -0.15) is 5.26 Å².